The Morgan fingerprint density at radius 2 is 1.91 bits per heavy atom. The van der Waals surface area contributed by atoms with Crippen molar-refractivity contribution in [1.82, 2.24) is 9.03 Å². The van der Waals surface area contributed by atoms with E-state index < -0.39 is 40.3 Å². The predicted octanol–water partition coefficient (Wildman–Crippen LogP) is 3.14. The first-order valence-electron chi connectivity index (χ1n) is 10.5. The van der Waals surface area contributed by atoms with Crippen molar-refractivity contribution in [2.75, 3.05) is 19.7 Å². The molecule has 1 saturated carbocycles. The van der Waals surface area contributed by atoms with E-state index in [1.165, 1.54) is 0 Å². The van der Waals surface area contributed by atoms with Crippen LogP contribution < -0.4 is 4.72 Å². The number of carbonyl (C=O) groups is 1. The number of alkyl halides is 3. The second-order valence-electron chi connectivity index (χ2n) is 8.65. The Morgan fingerprint density at radius 1 is 1.25 bits per heavy atom. The fraction of sp³-hybridized carbons (Fsp3) is 0.571. The highest BCUT2D eigenvalue weighted by Gasteiger charge is 2.60. The molecule has 1 heterocycles. The Labute approximate surface area is 183 Å². The molecule has 1 N–H and O–H groups in total. The van der Waals surface area contributed by atoms with Crippen LogP contribution in [0, 0.1) is 11.8 Å². The van der Waals surface area contributed by atoms with Crippen molar-refractivity contribution in [1.29, 1.82) is 0 Å². The first-order valence-corrected chi connectivity index (χ1v) is 11.9. The maximum Gasteiger partial charge on any atom is 0.402 e. The lowest BCUT2D eigenvalue weighted by atomic mass is 9.79. The zero-order chi connectivity index (χ0) is 23.3. The van der Waals surface area contributed by atoms with Gasteiger partial charge in [0, 0.05) is 6.54 Å². The Kier molecular flexibility index (Phi) is 5.87. The maximum atomic E-state index is 14.0. The van der Waals surface area contributed by atoms with Gasteiger partial charge in [-0.2, -0.15) is 35.0 Å². The molecule has 2 aliphatic carbocycles. The molecule has 0 aromatic heterocycles. The van der Waals surface area contributed by atoms with Gasteiger partial charge in [0.05, 0.1) is 12.1 Å². The summed E-state index contributed by atoms with van der Waals surface area (Å²) >= 11 is 0. The summed E-state index contributed by atoms with van der Waals surface area (Å²) in [4.78, 5) is 11.5. The first kappa shape index (κ1) is 23.2. The van der Waals surface area contributed by atoms with Gasteiger partial charge < -0.3 is 4.74 Å². The number of nitrogens with one attached hydrogen (secondary N) is 1. The minimum Gasteiger partial charge on any atom is -0.461 e. The molecule has 1 aliphatic heterocycles. The minimum absolute atomic E-state index is 0.0523. The highest BCUT2D eigenvalue weighted by atomic mass is 32.2. The number of carbonyl (C=O) groups excluding carboxylic acids is 1. The molecule has 0 unspecified atom stereocenters. The third-order valence-corrected chi connectivity index (χ3v) is 8.28. The van der Waals surface area contributed by atoms with Gasteiger partial charge >= 0.3 is 12.1 Å². The minimum atomic E-state index is -4.63. The van der Waals surface area contributed by atoms with E-state index in [1.54, 1.807) is 19.1 Å². The molecule has 1 aromatic rings. The van der Waals surface area contributed by atoms with Crippen LogP contribution in [0.5, 0.6) is 0 Å². The highest BCUT2D eigenvalue weighted by molar-refractivity contribution is 7.87. The van der Waals surface area contributed by atoms with Gasteiger partial charge in [-0.05, 0) is 67.2 Å². The molecule has 3 aliphatic rings. The summed E-state index contributed by atoms with van der Waals surface area (Å²) in [5.74, 6) is -2.40. The van der Waals surface area contributed by atoms with Crippen LogP contribution in [0.2, 0.25) is 0 Å². The summed E-state index contributed by atoms with van der Waals surface area (Å²) in [6, 6.07) is 5.22. The smallest absolute Gasteiger partial charge is 0.402 e. The quantitative estimate of drug-likeness (QED) is 0.412. The lowest BCUT2D eigenvalue weighted by molar-refractivity contribution is -0.140. The van der Waals surface area contributed by atoms with Crippen LogP contribution in [-0.4, -0.2) is 50.1 Å². The molecule has 1 saturated heterocycles. The maximum absolute atomic E-state index is 14.0. The number of hydrogen-bond acceptors (Lipinski definition) is 4. The molecular weight excluding hydrogens is 452 g/mol. The van der Waals surface area contributed by atoms with Gasteiger partial charge in [-0.15, -0.1) is 0 Å². The van der Waals surface area contributed by atoms with Crippen molar-refractivity contribution in [2.24, 2.45) is 11.8 Å². The molecular formula is C21H24F4N2O4S. The molecule has 0 radical (unpaired) electrons. The number of halogens is 4. The monoisotopic (exact) mass is 476 g/mol. The zero-order valence-electron chi connectivity index (χ0n) is 17.4. The van der Waals surface area contributed by atoms with E-state index in [2.05, 4.69) is 9.46 Å². The first-order chi connectivity index (χ1) is 14.9. The lowest BCUT2D eigenvalue weighted by Crippen LogP contribution is -2.52. The molecule has 1 spiro atoms. The molecule has 3 atom stereocenters. The van der Waals surface area contributed by atoms with E-state index in [0.29, 0.717) is 35.6 Å². The molecule has 2 fully saturated rings. The number of ether oxygens (including phenoxy) is 1. The summed E-state index contributed by atoms with van der Waals surface area (Å²) < 4.78 is 85.7. The Hall–Kier alpha value is -1.98. The second kappa shape index (κ2) is 8.11. The molecule has 176 valence electrons. The number of esters is 1. The van der Waals surface area contributed by atoms with Crippen molar-refractivity contribution >= 4 is 22.3 Å². The van der Waals surface area contributed by atoms with Crippen molar-refractivity contribution in [2.45, 2.75) is 44.3 Å². The van der Waals surface area contributed by atoms with Gasteiger partial charge in [0.2, 0.25) is 5.83 Å². The second-order valence-corrected chi connectivity index (χ2v) is 10.3. The largest absolute Gasteiger partial charge is 0.461 e. The third kappa shape index (κ3) is 4.29. The summed E-state index contributed by atoms with van der Waals surface area (Å²) in [6.07, 6.45) is -1.18. The van der Waals surface area contributed by atoms with Crippen molar-refractivity contribution < 1.29 is 35.5 Å². The van der Waals surface area contributed by atoms with E-state index in [9.17, 15) is 30.8 Å². The van der Waals surface area contributed by atoms with Crippen molar-refractivity contribution in [3.05, 3.63) is 40.7 Å². The average Bonchev–Trinajstić information content (AvgIpc) is 3.06. The summed E-state index contributed by atoms with van der Waals surface area (Å²) in [6.45, 7) is -0.108. The Balaban J connectivity index is 1.62. The normalized spacial score (nSPS) is 29.7. The van der Waals surface area contributed by atoms with E-state index in [0.717, 1.165) is 17.2 Å². The van der Waals surface area contributed by atoms with Gasteiger partial charge in [-0.3, -0.25) is 0 Å². The van der Waals surface area contributed by atoms with Gasteiger partial charge in [0.25, 0.3) is 10.2 Å². The number of hydrogen-bond donors (Lipinski definition) is 1. The molecule has 1 aromatic carbocycles. The van der Waals surface area contributed by atoms with Crippen LogP contribution >= 0.6 is 0 Å². The summed E-state index contributed by atoms with van der Waals surface area (Å²) in [5.41, 5.74) is 1.34. The van der Waals surface area contributed by atoms with E-state index in [-0.39, 0.29) is 25.0 Å². The number of benzene rings is 1. The van der Waals surface area contributed by atoms with E-state index in [1.807, 2.05) is 6.07 Å². The third-order valence-electron chi connectivity index (χ3n) is 6.70. The fourth-order valence-electron chi connectivity index (χ4n) is 5.36. The van der Waals surface area contributed by atoms with E-state index >= 15 is 0 Å². The van der Waals surface area contributed by atoms with Crippen LogP contribution in [-0.2, 0) is 32.6 Å². The molecule has 2 bridgehead atoms. The van der Waals surface area contributed by atoms with Crippen molar-refractivity contribution in [3.63, 3.8) is 0 Å². The average molecular weight is 476 g/mol. The predicted molar refractivity (Wildman–Crippen MR) is 108 cm³/mol. The van der Waals surface area contributed by atoms with Crippen LogP contribution in [0.1, 0.15) is 36.5 Å². The van der Waals surface area contributed by atoms with Crippen LogP contribution in [0.4, 0.5) is 17.6 Å². The van der Waals surface area contributed by atoms with Gasteiger partial charge in [-0.25, -0.2) is 4.79 Å². The fourth-order valence-corrected chi connectivity index (χ4v) is 7.07. The topological polar surface area (TPSA) is 75.7 Å². The highest BCUT2D eigenvalue weighted by Crippen LogP contribution is 2.50. The van der Waals surface area contributed by atoms with Gasteiger partial charge in [0.1, 0.15) is 6.54 Å². The number of rotatable bonds is 4. The SMILES string of the molecule is CCOC(=O)C(F)=Cc1ccc2c(c1)C[C@H]1CC[C@@H](C2)[C@]12CN(CC(F)(F)F)S(=O)(=O)N2. The van der Waals surface area contributed by atoms with Crippen LogP contribution in [0.25, 0.3) is 6.08 Å². The van der Waals surface area contributed by atoms with Gasteiger partial charge in [0.15, 0.2) is 0 Å². The van der Waals surface area contributed by atoms with E-state index in [4.69, 9.17) is 0 Å². The molecule has 6 nitrogen and oxygen atoms in total. The molecule has 32 heavy (non-hydrogen) atoms. The standard InChI is InChI=1S/C21H24F4N2O4S/c1-2-31-19(28)18(22)8-13-3-4-14-9-16-5-6-17(10-15(14)7-13)20(16)11-27(12-21(23,24)25)32(29,30)26-20/h3-4,7-8,16-17,26H,2,5-6,9-12H2,1H3/t16-,17+,20+/m0/s1. The summed E-state index contributed by atoms with van der Waals surface area (Å²) in [5, 5.41) is 0. The zero-order valence-corrected chi connectivity index (χ0v) is 18.2. The summed E-state index contributed by atoms with van der Waals surface area (Å²) in [7, 11) is -4.24. The lowest BCUT2D eigenvalue weighted by Gasteiger charge is -2.33. The Morgan fingerprint density at radius 3 is 2.53 bits per heavy atom. The number of fused-ring (bicyclic) bond motifs is 1. The molecule has 11 heteroatoms. The number of nitrogens with zero attached hydrogens (tertiary/aromatic N) is 1. The molecule has 0 amide bonds. The Bertz CT molecular complexity index is 1060. The molecule has 4 rings (SSSR count). The van der Waals surface area contributed by atoms with Crippen LogP contribution in [0.3, 0.4) is 0 Å². The van der Waals surface area contributed by atoms with Crippen LogP contribution in [0.15, 0.2) is 24.0 Å². The van der Waals surface area contributed by atoms with Crippen molar-refractivity contribution in [3.8, 4) is 0 Å². The van der Waals surface area contributed by atoms with Gasteiger partial charge in [-0.1, -0.05) is 18.2 Å².